The van der Waals surface area contributed by atoms with Gasteiger partial charge < -0.3 is 10.1 Å². The van der Waals surface area contributed by atoms with Gasteiger partial charge in [0.25, 0.3) is 5.91 Å². The summed E-state index contributed by atoms with van der Waals surface area (Å²) in [6, 6.07) is 12.8. The zero-order valence-electron chi connectivity index (χ0n) is 12.2. The normalized spacial score (nSPS) is 10.3. The van der Waals surface area contributed by atoms with Gasteiger partial charge in [-0.05, 0) is 58.7 Å². The van der Waals surface area contributed by atoms with Gasteiger partial charge in [0.1, 0.15) is 5.75 Å². The Morgan fingerprint density at radius 2 is 2.00 bits per heavy atom. The second-order valence-corrected chi connectivity index (χ2v) is 6.58. The van der Waals surface area contributed by atoms with Crippen molar-refractivity contribution in [1.29, 1.82) is 0 Å². The number of anilines is 1. The number of hydrogen-bond acceptors (Lipinski definition) is 2. The van der Waals surface area contributed by atoms with E-state index in [2.05, 4.69) is 44.1 Å². The fourth-order valence-corrected chi connectivity index (χ4v) is 2.75. The van der Waals surface area contributed by atoms with Gasteiger partial charge in [0, 0.05) is 15.7 Å². The molecule has 0 saturated carbocycles. The Kier molecular flexibility index (Phi) is 6.46. The van der Waals surface area contributed by atoms with Crippen LogP contribution in [0.3, 0.4) is 0 Å². The van der Waals surface area contributed by atoms with E-state index in [4.69, 9.17) is 4.74 Å². The van der Waals surface area contributed by atoms with Crippen molar-refractivity contribution in [3.05, 3.63) is 57.0 Å². The summed E-state index contributed by atoms with van der Waals surface area (Å²) in [5, 5.41) is 2.87. The van der Waals surface area contributed by atoms with E-state index in [0.717, 1.165) is 33.2 Å². The summed E-state index contributed by atoms with van der Waals surface area (Å²) in [5.74, 6) is 0.603. The topological polar surface area (TPSA) is 38.3 Å². The van der Waals surface area contributed by atoms with Gasteiger partial charge in [-0.25, -0.2) is 0 Å². The molecule has 0 aliphatic rings. The third-order valence-corrected chi connectivity index (χ3v) is 4.14. The first kappa shape index (κ1) is 17.0. The number of carbonyl (C=O) groups is 1. The molecule has 2 aromatic rings. The van der Waals surface area contributed by atoms with Crippen LogP contribution in [0.5, 0.6) is 5.75 Å². The quantitative estimate of drug-likeness (QED) is 0.606. The fourth-order valence-electron chi connectivity index (χ4n) is 1.86. The molecule has 0 saturated heterocycles. The Morgan fingerprint density at radius 1 is 1.18 bits per heavy atom. The first-order valence-electron chi connectivity index (χ1n) is 7.09. The Morgan fingerprint density at radius 3 is 2.68 bits per heavy atom. The predicted octanol–water partition coefficient (Wildman–Crippen LogP) is 5.64. The van der Waals surface area contributed by atoms with E-state index in [0.29, 0.717) is 12.2 Å². The van der Waals surface area contributed by atoms with Crippen LogP contribution in [-0.4, -0.2) is 12.5 Å². The molecule has 0 spiro atoms. The van der Waals surface area contributed by atoms with Gasteiger partial charge in [0.05, 0.1) is 11.1 Å². The van der Waals surface area contributed by atoms with Crippen molar-refractivity contribution >= 4 is 43.5 Å². The summed E-state index contributed by atoms with van der Waals surface area (Å²) in [4.78, 5) is 12.3. The second-order valence-electron chi connectivity index (χ2n) is 4.81. The molecule has 1 amide bonds. The lowest BCUT2D eigenvalue weighted by Gasteiger charge is -2.10. The minimum atomic E-state index is -0.154. The van der Waals surface area contributed by atoms with E-state index >= 15 is 0 Å². The smallest absolute Gasteiger partial charge is 0.255 e. The predicted molar refractivity (Wildman–Crippen MR) is 96.6 cm³/mol. The van der Waals surface area contributed by atoms with Crippen LogP contribution < -0.4 is 10.1 Å². The van der Waals surface area contributed by atoms with Crippen LogP contribution in [0.25, 0.3) is 0 Å². The summed E-state index contributed by atoms with van der Waals surface area (Å²) in [7, 11) is 0. The molecule has 1 N–H and O–H groups in total. The molecule has 0 bridgehead atoms. The zero-order valence-corrected chi connectivity index (χ0v) is 15.4. The van der Waals surface area contributed by atoms with Gasteiger partial charge in [0.15, 0.2) is 0 Å². The number of benzene rings is 2. The molecule has 0 atom stereocenters. The number of nitrogens with one attached hydrogen (secondary N) is 1. The number of halogens is 2. The highest BCUT2D eigenvalue weighted by Crippen LogP contribution is 2.27. The molecule has 116 valence electrons. The van der Waals surface area contributed by atoms with Gasteiger partial charge in [0.2, 0.25) is 0 Å². The van der Waals surface area contributed by atoms with Crippen molar-refractivity contribution in [2.24, 2.45) is 0 Å². The minimum Gasteiger partial charge on any atom is -0.492 e. The van der Waals surface area contributed by atoms with Gasteiger partial charge in [-0.15, -0.1) is 0 Å². The van der Waals surface area contributed by atoms with E-state index in [9.17, 15) is 4.79 Å². The fraction of sp³-hybridized carbons (Fsp3) is 0.235. The van der Waals surface area contributed by atoms with E-state index < -0.39 is 0 Å². The largest absolute Gasteiger partial charge is 0.492 e. The molecule has 2 aromatic carbocycles. The Hall–Kier alpha value is -1.33. The average molecular weight is 427 g/mol. The molecule has 0 fully saturated rings. The summed E-state index contributed by atoms with van der Waals surface area (Å²) < 4.78 is 7.37. The maximum absolute atomic E-state index is 12.3. The third kappa shape index (κ3) is 4.85. The molecule has 5 heteroatoms. The Bertz CT molecular complexity index is 659. The third-order valence-electron chi connectivity index (χ3n) is 3.03. The van der Waals surface area contributed by atoms with Crippen molar-refractivity contribution in [3.63, 3.8) is 0 Å². The number of ether oxygens (including phenoxy) is 1. The van der Waals surface area contributed by atoms with Crippen molar-refractivity contribution in [2.45, 2.75) is 19.8 Å². The van der Waals surface area contributed by atoms with Crippen molar-refractivity contribution < 1.29 is 9.53 Å². The highest BCUT2D eigenvalue weighted by atomic mass is 79.9. The number of carbonyl (C=O) groups excluding carboxylic acids is 1. The first-order valence-corrected chi connectivity index (χ1v) is 8.68. The summed E-state index contributed by atoms with van der Waals surface area (Å²) in [5.41, 5.74) is 1.33. The highest BCUT2D eigenvalue weighted by Gasteiger charge is 2.10. The maximum atomic E-state index is 12.3. The molecule has 2 rings (SSSR count). The first-order chi connectivity index (χ1) is 10.6. The van der Waals surface area contributed by atoms with Crippen LogP contribution >= 0.6 is 31.9 Å². The molecule has 0 aromatic heterocycles. The SMILES string of the molecule is CCCCOc1ccc(C(=O)Nc2cccc(Br)c2)cc1Br. The second kappa shape index (κ2) is 8.34. The van der Waals surface area contributed by atoms with Gasteiger partial charge in [-0.1, -0.05) is 35.3 Å². The van der Waals surface area contributed by atoms with Gasteiger partial charge in [-0.3, -0.25) is 4.79 Å². The number of unbranched alkanes of at least 4 members (excludes halogenated alkanes) is 1. The summed E-state index contributed by atoms with van der Waals surface area (Å²) >= 11 is 6.84. The van der Waals surface area contributed by atoms with Crippen LogP contribution in [0.2, 0.25) is 0 Å². The molecular weight excluding hydrogens is 410 g/mol. The molecular formula is C17H17Br2NO2. The van der Waals surface area contributed by atoms with E-state index in [1.165, 1.54) is 0 Å². The van der Waals surface area contributed by atoms with Gasteiger partial charge in [-0.2, -0.15) is 0 Å². The van der Waals surface area contributed by atoms with Crippen LogP contribution in [0.1, 0.15) is 30.1 Å². The monoisotopic (exact) mass is 425 g/mol. The van der Waals surface area contributed by atoms with Gasteiger partial charge >= 0.3 is 0 Å². The van der Waals surface area contributed by atoms with Crippen molar-refractivity contribution in [1.82, 2.24) is 0 Å². The summed E-state index contributed by atoms with van der Waals surface area (Å²) in [6.07, 6.45) is 2.10. The molecule has 22 heavy (non-hydrogen) atoms. The zero-order chi connectivity index (χ0) is 15.9. The van der Waals surface area contributed by atoms with Crippen LogP contribution in [0.15, 0.2) is 51.4 Å². The standard InChI is InChI=1S/C17H17Br2NO2/c1-2-3-9-22-16-8-7-12(10-15(16)19)17(21)20-14-6-4-5-13(18)11-14/h4-8,10-11H,2-3,9H2,1H3,(H,20,21). The Labute approximate surface area is 147 Å². The lowest BCUT2D eigenvalue weighted by molar-refractivity contribution is 0.102. The molecule has 3 nitrogen and oxygen atoms in total. The minimum absolute atomic E-state index is 0.154. The van der Waals surface area contributed by atoms with E-state index in [1.807, 2.05) is 30.3 Å². The molecule has 0 aliphatic heterocycles. The Balaban J connectivity index is 2.05. The van der Waals surface area contributed by atoms with Crippen molar-refractivity contribution in [2.75, 3.05) is 11.9 Å². The lowest BCUT2D eigenvalue weighted by atomic mass is 10.2. The van der Waals surface area contributed by atoms with Crippen LogP contribution in [0.4, 0.5) is 5.69 Å². The molecule has 0 heterocycles. The average Bonchev–Trinajstić information content (AvgIpc) is 2.49. The molecule has 0 aliphatic carbocycles. The van der Waals surface area contributed by atoms with Crippen LogP contribution in [-0.2, 0) is 0 Å². The highest BCUT2D eigenvalue weighted by molar-refractivity contribution is 9.10. The maximum Gasteiger partial charge on any atom is 0.255 e. The van der Waals surface area contributed by atoms with E-state index in [-0.39, 0.29) is 5.91 Å². The van der Waals surface area contributed by atoms with E-state index in [1.54, 1.807) is 12.1 Å². The molecule has 0 unspecified atom stereocenters. The summed E-state index contributed by atoms with van der Waals surface area (Å²) in [6.45, 7) is 2.80. The molecule has 0 radical (unpaired) electrons. The number of rotatable bonds is 6. The number of amides is 1. The lowest BCUT2D eigenvalue weighted by Crippen LogP contribution is -2.12. The number of hydrogen-bond donors (Lipinski definition) is 1. The van der Waals surface area contributed by atoms with Crippen molar-refractivity contribution in [3.8, 4) is 5.75 Å². The van der Waals surface area contributed by atoms with Crippen LogP contribution in [0, 0.1) is 0 Å².